The number of rotatable bonds is 2. The Kier molecular flexibility index (Phi) is 2.26. The summed E-state index contributed by atoms with van der Waals surface area (Å²) in [6.45, 7) is 2.03. The van der Waals surface area contributed by atoms with Gasteiger partial charge in [0.2, 0.25) is 0 Å². The minimum Gasteiger partial charge on any atom is -0.259 e. The molecule has 0 bridgehead atoms. The highest BCUT2D eigenvalue weighted by Crippen LogP contribution is 2.19. The molecule has 0 atom stereocenters. The fraction of sp³-hybridized carbons (Fsp3) is 0.200. The summed E-state index contributed by atoms with van der Waals surface area (Å²) in [6, 6.07) is 5.02. The van der Waals surface area contributed by atoms with Crippen LogP contribution < -0.4 is 0 Å². The standard InChI is InChI=1S/C10H10FN3/c1-2-7-3-4-9(11)8(5-7)10-12-6-13-14-10/h3-6H,2H2,1H3,(H,12,13,14). The van der Waals surface area contributed by atoms with E-state index in [1.54, 1.807) is 12.1 Å². The largest absolute Gasteiger partial charge is 0.259 e. The summed E-state index contributed by atoms with van der Waals surface area (Å²) in [5, 5.41) is 6.34. The molecule has 72 valence electrons. The average Bonchev–Trinajstić information content (AvgIpc) is 2.71. The molecule has 0 radical (unpaired) electrons. The highest BCUT2D eigenvalue weighted by molar-refractivity contribution is 5.56. The van der Waals surface area contributed by atoms with Gasteiger partial charge >= 0.3 is 0 Å². The van der Waals surface area contributed by atoms with E-state index >= 15 is 0 Å². The molecule has 2 aromatic rings. The van der Waals surface area contributed by atoms with E-state index in [1.165, 1.54) is 12.4 Å². The van der Waals surface area contributed by atoms with Crippen molar-refractivity contribution in [3.05, 3.63) is 35.9 Å². The molecule has 0 spiro atoms. The quantitative estimate of drug-likeness (QED) is 0.790. The van der Waals surface area contributed by atoms with Gasteiger partial charge < -0.3 is 0 Å². The molecule has 4 heteroatoms. The Balaban J connectivity index is 2.51. The summed E-state index contributed by atoms with van der Waals surface area (Å²) < 4.78 is 13.4. The highest BCUT2D eigenvalue weighted by atomic mass is 19.1. The summed E-state index contributed by atoms with van der Waals surface area (Å²) in [5.41, 5.74) is 1.56. The van der Waals surface area contributed by atoms with Gasteiger partial charge in [-0.05, 0) is 24.1 Å². The molecule has 3 nitrogen and oxygen atoms in total. The maximum Gasteiger partial charge on any atom is 0.158 e. The first-order valence-electron chi connectivity index (χ1n) is 4.45. The molecule has 14 heavy (non-hydrogen) atoms. The number of halogens is 1. The first-order chi connectivity index (χ1) is 6.81. The van der Waals surface area contributed by atoms with Crippen LogP contribution in [0.1, 0.15) is 12.5 Å². The molecule has 0 aliphatic rings. The maximum atomic E-state index is 13.4. The topological polar surface area (TPSA) is 41.6 Å². The number of benzene rings is 1. The van der Waals surface area contributed by atoms with Crippen molar-refractivity contribution in [3.63, 3.8) is 0 Å². The molecule has 0 unspecified atom stereocenters. The van der Waals surface area contributed by atoms with Gasteiger partial charge in [0.05, 0.1) is 5.56 Å². The Morgan fingerprint density at radius 3 is 2.93 bits per heavy atom. The van der Waals surface area contributed by atoms with E-state index in [2.05, 4.69) is 15.2 Å². The number of nitrogens with one attached hydrogen (secondary N) is 1. The van der Waals surface area contributed by atoms with E-state index in [0.717, 1.165) is 12.0 Å². The zero-order valence-corrected chi connectivity index (χ0v) is 7.79. The molecule has 0 saturated heterocycles. The van der Waals surface area contributed by atoms with Gasteiger partial charge in [-0.25, -0.2) is 9.37 Å². The molecule has 1 heterocycles. The smallest absolute Gasteiger partial charge is 0.158 e. The second-order valence-electron chi connectivity index (χ2n) is 3.00. The van der Waals surface area contributed by atoms with Crippen molar-refractivity contribution >= 4 is 0 Å². The van der Waals surface area contributed by atoms with Crippen molar-refractivity contribution in [2.75, 3.05) is 0 Å². The van der Waals surface area contributed by atoms with E-state index in [9.17, 15) is 4.39 Å². The van der Waals surface area contributed by atoms with Gasteiger partial charge in [0.25, 0.3) is 0 Å². The monoisotopic (exact) mass is 191 g/mol. The lowest BCUT2D eigenvalue weighted by atomic mass is 10.1. The van der Waals surface area contributed by atoms with Gasteiger partial charge in [-0.2, -0.15) is 5.10 Å². The van der Waals surface area contributed by atoms with E-state index in [0.29, 0.717) is 11.4 Å². The predicted molar refractivity (Wildman–Crippen MR) is 51.2 cm³/mol. The Morgan fingerprint density at radius 2 is 2.29 bits per heavy atom. The van der Waals surface area contributed by atoms with Crippen LogP contribution in [0.5, 0.6) is 0 Å². The molecule has 0 aliphatic heterocycles. The fourth-order valence-corrected chi connectivity index (χ4v) is 1.31. The molecule has 0 aliphatic carbocycles. The van der Waals surface area contributed by atoms with Crippen LogP contribution in [0, 0.1) is 5.82 Å². The molecule has 0 amide bonds. The van der Waals surface area contributed by atoms with Crippen LogP contribution in [0.25, 0.3) is 11.4 Å². The van der Waals surface area contributed by atoms with Crippen molar-refractivity contribution in [2.24, 2.45) is 0 Å². The van der Waals surface area contributed by atoms with E-state index < -0.39 is 0 Å². The Hall–Kier alpha value is -1.71. The van der Waals surface area contributed by atoms with Crippen molar-refractivity contribution in [1.82, 2.24) is 15.2 Å². The normalized spacial score (nSPS) is 10.4. The zero-order chi connectivity index (χ0) is 9.97. The minimum absolute atomic E-state index is 0.279. The van der Waals surface area contributed by atoms with Gasteiger partial charge in [-0.1, -0.05) is 13.0 Å². The second-order valence-corrected chi connectivity index (χ2v) is 3.00. The SMILES string of the molecule is CCc1ccc(F)c(-c2ncn[nH]2)c1. The van der Waals surface area contributed by atoms with E-state index in [-0.39, 0.29) is 5.82 Å². The van der Waals surface area contributed by atoms with Gasteiger partial charge in [0.1, 0.15) is 12.1 Å². The lowest BCUT2D eigenvalue weighted by Gasteiger charge is -2.01. The number of nitrogens with zero attached hydrogens (tertiary/aromatic N) is 2. The lowest BCUT2D eigenvalue weighted by molar-refractivity contribution is 0.629. The van der Waals surface area contributed by atoms with Gasteiger partial charge in [-0.15, -0.1) is 0 Å². The molecular formula is C10H10FN3. The van der Waals surface area contributed by atoms with Crippen LogP contribution in [-0.2, 0) is 6.42 Å². The van der Waals surface area contributed by atoms with Crippen molar-refractivity contribution < 1.29 is 4.39 Å². The van der Waals surface area contributed by atoms with Crippen LogP contribution in [0.2, 0.25) is 0 Å². The molecule has 0 fully saturated rings. The van der Waals surface area contributed by atoms with Crippen LogP contribution in [-0.4, -0.2) is 15.2 Å². The van der Waals surface area contributed by atoms with Crippen molar-refractivity contribution in [1.29, 1.82) is 0 Å². The molecule has 1 N–H and O–H groups in total. The summed E-state index contributed by atoms with van der Waals surface area (Å²) in [5.74, 6) is 0.191. The number of aromatic nitrogens is 3. The Morgan fingerprint density at radius 1 is 1.43 bits per heavy atom. The fourth-order valence-electron chi connectivity index (χ4n) is 1.31. The van der Waals surface area contributed by atoms with Crippen LogP contribution in [0.15, 0.2) is 24.5 Å². The van der Waals surface area contributed by atoms with Crippen molar-refractivity contribution in [2.45, 2.75) is 13.3 Å². The van der Waals surface area contributed by atoms with Gasteiger partial charge in [0.15, 0.2) is 5.82 Å². The molecule has 0 saturated carbocycles. The summed E-state index contributed by atoms with van der Waals surface area (Å²) in [4.78, 5) is 3.92. The van der Waals surface area contributed by atoms with Crippen molar-refractivity contribution in [3.8, 4) is 11.4 Å². The third-order valence-corrected chi connectivity index (χ3v) is 2.11. The molecule has 1 aromatic carbocycles. The van der Waals surface area contributed by atoms with Crippen LogP contribution >= 0.6 is 0 Å². The third-order valence-electron chi connectivity index (χ3n) is 2.11. The van der Waals surface area contributed by atoms with Crippen LogP contribution in [0.4, 0.5) is 4.39 Å². The van der Waals surface area contributed by atoms with E-state index in [1.807, 2.05) is 6.92 Å². The average molecular weight is 191 g/mol. The minimum atomic E-state index is -0.279. The summed E-state index contributed by atoms with van der Waals surface area (Å²) in [7, 11) is 0. The first kappa shape index (κ1) is 8.87. The predicted octanol–water partition coefficient (Wildman–Crippen LogP) is 2.17. The molecular weight excluding hydrogens is 181 g/mol. The Labute approximate surface area is 81.0 Å². The maximum absolute atomic E-state index is 13.4. The summed E-state index contributed by atoms with van der Waals surface area (Å²) >= 11 is 0. The van der Waals surface area contributed by atoms with E-state index in [4.69, 9.17) is 0 Å². The number of hydrogen-bond acceptors (Lipinski definition) is 2. The zero-order valence-electron chi connectivity index (χ0n) is 7.79. The number of hydrogen-bond donors (Lipinski definition) is 1. The van der Waals surface area contributed by atoms with Crippen LogP contribution in [0.3, 0.4) is 0 Å². The third kappa shape index (κ3) is 1.51. The number of aryl methyl sites for hydroxylation is 1. The lowest BCUT2D eigenvalue weighted by Crippen LogP contribution is -1.89. The highest BCUT2D eigenvalue weighted by Gasteiger charge is 2.07. The Bertz CT molecular complexity index is 423. The first-order valence-corrected chi connectivity index (χ1v) is 4.45. The molecule has 1 aromatic heterocycles. The number of H-pyrrole nitrogens is 1. The molecule has 2 rings (SSSR count). The number of aromatic amines is 1. The van der Waals surface area contributed by atoms with Gasteiger partial charge in [-0.3, -0.25) is 5.10 Å². The summed E-state index contributed by atoms with van der Waals surface area (Å²) in [6.07, 6.45) is 2.24. The van der Waals surface area contributed by atoms with Gasteiger partial charge in [0, 0.05) is 0 Å². The second kappa shape index (κ2) is 3.57.